The van der Waals surface area contributed by atoms with E-state index in [0.717, 1.165) is 17.1 Å². The van der Waals surface area contributed by atoms with Gasteiger partial charge >= 0.3 is 5.97 Å². The lowest BCUT2D eigenvalue weighted by molar-refractivity contribution is -0.141. The van der Waals surface area contributed by atoms with Crippen LogP contribution in [0, 0.1) is 13.8 Å². The van der Waals surface area contributed by atoms with Gasteiger partial charge in [-0.2, -0.15) is 0 Å². The van der Waals surface area contributed by atoms with Crippen LogP contribution >= 0.6 is 0 Å². The van der Waals surface area contributed by atoms with E-state index in [1.165, 1.54) is 7.11 Å². The van der Waals surface area contributed by atoms with Crippen molar-refractivity contribution < 1.29 is 33.3 Å². The molecule has 35 heavy (non-hydrogen) atoms. The number of carbonyl (C=O) groups excluding carboxylic acids is 2. The van der Waals surface area contributed by atoms with Crippen molar-refractivity contribution in [2.24, 2.45) is 0 Å². The first-order valence-electron chi connectivity index (χ1n) is 11.3. The molecule has 1 atom stereocenters. The minimum Gasteiger partial charge on any atom is -0.497 e. The summed E-state index contributed by atoms with van der Waals surface area (Å²) in [5, 5.41) is 0. The number of methoxy groups -OCH3 is 2. The number of fused-ring (bicyclic) bond motifs is 1. The third-order valence-corrected chi connectivity index (χ3v) is 6.02. The summed E-state index contributed by atoms with van der Waals surface area (Å²) in [4.78, 5) is 25.3. The number of benzene rings is 2. The highest BCUT2D eigenvalue weighted by atomic mass is 16.6. The van der Waals surface area contributed by atoms with Gasteiger partial charge < -0.3 is 28.3 Å². The Morgan fingerprint density at radius 1 is 1.03 bits per heavy atom. The molecule has 0 radical (unpaired) electrons. The number of nitrogens with zero attached hydrogens (tertiary/aromatic N) is 1. The summed E-state index contributed by atoms with van der Waals surface area (Å²) in [6.45, 7) is 4.43. The van der Waals surface area contributed by atoms with Crippen LogP contribution in [-0.2, 0) is 22.5 Å². The summed E-state index contributed by atoms with van der Waals surface area (Å²) >= 11 is 0. The zero-order valence-corrected chi connectivity index (χ0v) is 20.3. The summed E-state index contributed by atoms with van der Waals surface area (Å²) in [5.74, 6) is 1.82. The van der Waals surface area contributed by atoms with Gasteiger partial charge in [-0.15, -0.1) is 0 Å². The molecule has 0 fully saturated rings. The van der Waals surface area contributed by atoms with Gasteiger partial charge in [-0.05, 0) is 38.1 Å². The van der Waals surface area contributed by atoms with E-state index in [4.69, 9.17) is 23.7 Å². The van der Waals surface area contributed by atoms with Gasteiger partial charge in [0.2, 0.25) is 5.78 Å². The predicted molar refractivity (Wildman–Crippen MR) is 129 cm³/mol. The number of hydrogen-bond donors (Lipinski definition) is 0. The van der Waals surface area contributed by atoms with Crippen molar-refractivity contribution in [1.29, 1.82) is 0 Å². The van der Waals surface area contributed by atoms with Crippen LogP contribution in [0.2, 0.25) is 0 Å². The zero-order chi connectivity index (χ0) is 24.9. The second-order valence-corrected chi connectivity index (χ2v) is 8.33. The van der Waals surface area contributed by atoms with E-state index in [1.807, 2.05) is 48.7 Å². The van der Waals surface area contributed by atoms with Crippen molar-refractivity contribution in [3.63, 3.8) is 0 Å². The largest absolute Gasteiger partial charge is 0.497 e. The van der Waals surface area contributed by atoms with Crippen LogP contribution in [-0.4, -0.2) is 49.9 Å². The average Bonchev–Trinajstić information content (AvgIpc) is 3.15. The van der Waals surface area contributed by atoms with E-state index in [2.05, 4.69) is 0 Å². The van der Waals surface area contributed by atoms with Gasteiger partial charge in [-0.1, -0.05) is 18.2 Å². The standard InChI is InChI=1S/C27H29NO7/c1-17-11-22(18(2)28(17)14-21-15-33-24-7-5-6-8-25(24)35-21)23(29)16-34-27(30)12-19-9-10-20(31-3)13-26(19)32-4/h5-11,13,21H,12,14-16H2,1-4H3. The molecule has 1 aromatic heterocycles. The first kappa shape index (κ1) is 24.2. The Morgan fingerprint density at radius 2 is 1.80 bits per heavy atom. The van der Waals surface area contributed by atoms with Crippen molar-refractivity contribution >= 4 is 11.8 Å². The van der Waals surface area contributed by atoms with Crippen LogP contribution in [0.3, 0.4) is 0 Å². The zero-order valence-electron chi connectivity index (χ0n) is 20.3. The third kappa shape index (κ3) is 5.42. The number of rotatable bonds is 9. The Bertz CT molecular complexity index is 1230. The molecular weight excluding hydrogens is 450 g/mol. The Kier molecular flexibility index (Phi) is 7.29. The molecule has 0 amide bonds. The normalized spacial score (nSPS) is 14.3. The lowest BCUT2D eigenvalue weighted by atomic mass is 10.1. The maximum Gasteiger partial charge on any atom is 0.310 e. The molecule has 4 rings (SSSR count). The quantitative estimate of drug-likeness (QED) is 0.340. The summed E-state index contributed by atoms with van der Waals surface area (Å²) in [5.41, 5.74) is 2.89. The molecule has 0 spiro atoms. The van der Waals surface area contributed by atoms with Gasteiger partial charge in [-0.3, -0.25) is 9.59 Å². The SMILES string of the molecule is COc1ccc(CC(=O)OCC(=O)c2cc(C)n(CC3COc4ccccc4O3)c2C)c(OC)c1. The Morgan fingerprint density at radius 3 is 2.54 bits per heavy atom. The van der Waals surface area contributed by atoms with E-state index >= 15 is 0 Å². The van der Waals surface area contributed by atoms with E-state index in [9.17, 15) is 9.59 Å². The van der Waals surface area contributed by atoms with Gasteiger partial charge in [0.05, 0.1) is 27.2 Å². The van der Waals surface area contributed by atoms with Crippen molar-refractivity contribution in [2.45, 2.75) is 32.9 Å². The van der Waals surface area contributed by atoms with E-state index in [1.54, 1.807) is 25.3 Å². The second kappa shape index (κ2) is 10.5. The highest BCUT2D eigenvalue weighted by Crippen LogP contribution is 2.31. The topological polar surface area (TPSA) is 85.2 Å². The molecule has 184 valence electrons. The molecular formula is C27H29NO7. The Hall–Kier alpha value is -3.94. The Labute approximate surface area is 204 Å². The molecule has 0 aliphatic carbocycles. The molecule has 1 aliphatic rings. The monoisotopic (exact) mass is 479 g/mol. The third-order valence-electron chi connectivity index (χ3n) is 6.02. The number of carbonyl (C=O) groups is 2. The number of esters is 1. The Balaban J connectivity index is 1.36. The molecule has 0 bridgehead atoms. The predicted octanol–water partition coefficient (Wildman–Crippen LogP) is 3.93. The summed E-state index contributed by atoms with van der Waals surface area (Å²) < 4.78 is 29.7. The molecule has 2 aromatic carbocycles. The summed E-state index contributed by atoms with van der Waals surface area (Å²) in [7, 11) is 3.08. The van der Waals surface area contributed by atoms with Gasteiger partial charge in [0.15, 0.2) is 24.2 Å². The van der Waals surface area contributed by atoms with Crippen LogP contribution in [0.5, 0.6) is 23.0 Å². The first-order chi connectivity index (χ1) is 16.9. The van der Waals surface area contributed by atoms with Gasteiger partial charge in [-0.25, -0.2) is 0 Å². The minimum absolute atomic E-state index is 0.0139. The maximum atomic E-state index is 12.9. The summed E-state index contributed by atoms with van der Waals surface area (Å²) in [6.07, 6.45) is -0.199. The van der Waals surface area contributed by atoms with Crippen molar-refractivity contribution in [3.8, 4) is 23.0 Å². The number of aromatic nitrogens is 1. The van der Waals surface area contributed by atoms with Crippen LogP contribution in [0.1, 0.15) is 27.3 Å². The van der Waals surface area contributed by atoms with E-state index in [0.29, 0.717) is 41.5 Å². The van der Waals surface area contributed by atoms with E-state index < -0.39 is 5.97 Å². The van der Waals surface area contributed by atoms with Gasteiger partial charge in [0.25, 0.3) is 0 Å². The van der Waals surface area contributed by atoms with Crippen LogP contribution in [0.4, 0.5) is 0 Å². The molecule has 8 nitrogen and oxygen atoms in total. The molecule has 0 saturated heterocycles. The smallest absolute Gasteiger partial charge is 0.310 e. The second-order valence-electron chi connectivity index (χ2n) is 8.33. The molecule has 0 N–H and O–H groups in total. The van der Waals surface area contributed by atoms with Gasteiger partial charge in [0.1, 0.15) is 18.1 Å². The number of hydrogen-bond acceptors (Lipinski definition) is 7. The molecule has 0 saturated carbocycles. The lowest BCUT2D eigenvalue weighted by Gasteiger charge is -2.27. The summed E-state index contributed by atoms with van der Waals surface area (Å²) in [6, 6.07) is 14.6. The van der Waals surface area contributed by atoms with Gasteiger partial charge in [0, 0.05) is 28.6 Å². The first-order valence-corrected chi connectivity index (χ1v) is 11.3. The molecule has 1 aliphatic heterocycles. The van der Waals surface area contributed by atoms with Crippen LogP contribution in [0.25, 0.3) is 0 Å². The number of aryl methyl sites for hydroxylation is 1. The number of ether oxygens (including phenoxy) is 5. The maximum absolute atomic E-state index is 12.9. The number of para-hydroxylation sites is 2. The minimum atomic E-state index is -0.512. The molecule has 1 unspecified atom stereocenters. The van der Waals surface area contributed by atoms with Crippen LogP contribution < -0.4 is 18.9 Å². The molecule has 3 aromatic rings. The fraction of sp³-hybridized carbons (Fsp3) is 0.333. The van der Waals surface area contributed by atoms with Crippen molar-refractivity contribution in [2.75, 3.05) is 27.4 Å². The highest BCUT2D eigenvalue weighted by Gasteiger charge is 2.24. The number of Topliss-reactive ketones (excluding diaryl/α,β-unsaturated/α-hetero) is 1. The highest BCUT2D eigenvalue weighted by molar-refractivity contribution is 5.99. The van der Waals surface area contributed by atoms with Crippen molar-refractivity contribution in [1.82, 2.24) is 4.57 Å². The fourth-order valence-electron chi connectivity index (χ4n) is 4.15. The lowest BCUT2D eigenvalue weighted by Crippen LogP contribution is -2.33. The molecule has 2 heterocycles. The number of ketones is 1. The fourth-order valence-corrected chi connectivity index (χ4v) is 4.15. The van der Waals surface area contributed by atoms with Crippen molar-refractivity contribution in [3.05, 3.63) is 71.0 Å². The molecule has 8 heteroatoms. The van der Waals surface area contributed by atoms with Crippen LogP contribution in [0.15, 0.2) is 48.5 Å². The van der Waals surface area contributed by atoms with E-state index in [-0.39, 0.29) is 24.9 Å². The average molecular weight is 480 g/mol.